The van der Waals surface area contributed by atoms with Crippen LogP contribution in [0.3, 0.4) is 0 Å². The van der Waals surface area contributed by atoms with E-state index in [2.05, 4.69) is 0 Å². The number of unbranched alkanes of at least 4 members (excludes halogenated alkanes) is 1. The van der Waals surface area contributed by atoms with Crippen molar-refractivity contribution in [2.75, 3.05) is 0 Å². The van der Waals surface area contributed by atoms with Crippen molar-refractivity contribution in [2.45, 2.75) is 38.3 Å². The minimum absolute atomic E-state index is 0.00893. The highest BCUT2D eigenvalue weighted by Crippen LogP contribution is 2.45. The molecule has 0 amide bonds. The highest BCUT2D eigenvalue weighted by molar-refractivity contribution is 5.05. The number of hydrogen-bond acceptors (Lipinski definition) is 3. The van der Waals surface area contributed by atoms with Crippen molar-refractivity contribution in [1.29, 1.82) is 15.8 Å². The third kappa shape index (κ3) is 3.44. The Labute approximate surface area is 91.7 Å². The Balaban J connectivity index is 4.80. The summed E-state index contributed by atoms with van der Waals surface area (Å²) in [6.07, 6.45) is -5.95. The number of halogens is 3. The van der Waals surface area contributed by atoms with E-state index < -0.39 is 24.4 Å². The maximum atomic E-state index is 12.7. The van der Waals surface area contributed by atoms with Crippen LogP contribution in [0.5, 0.6) is 0 Å². The van der Waals surface area contributed by atoms with Crippen LogP contribution in [0.2, 0.25) is 0 Å². The lowest BCUT2D eigenvalue weighted by Gasteiger charge is -2.28. The maximum Gasteiger partial charge on any atom is 0.407 e. The van der Waals surface area contributed by atoms with Crippen LogP contribution in [0.25, 0.3) is 0 Å². The van der Waals surface area contributed by atoms with Crippen LogP contribution in [0.15, 0.2) is 0 Å². The van der Waals surface area contributed by atoms with E-state index in [4.69, 9.17) is 15.8 Å². The largest absolute Gasteiger partial charge is 0.407 e. The SMILES string of the molecule is N#CCCCC(C#N)(CCC#N)C(F)(F)F. The zero-order valence-electron chi connectivity index (χ0n) is 8.51. The van der Waals surface area contributed by atoms with Crippen molar-refractivity contribution in [3.05, 3.63) is 0 Å². The molecule has 16 heavy (non-hydrogen) atoms. The lowest BCUT2D eigenvalue weighted by Crippen LogP contribution is -2.36. The molecule has 0 rings (SSSR count). The minimum Gasteiger partial charge on any atom is -0.198 e. The average Bonchev–Trinajstić information content (AvgIpc) is 2.21. The van der Waals surface area contributed by atoms with Crippen LogP contribution < -0.4 is 0 Å². The topological polar surface area (TPSA) is 71.4 Å². The van der Waals surface area contributed by atoms with E-state index >= 15 is 0 Å². The van der Waals surface area contributed by atoms with Gasteiger partial charge in [-0.3, -0.25) is 0 Å². The zero-order valence-corrected chi connectivity index (χ0v) is 8.51. The number of nitrogens with zero attached hydrogens (tertiary/aromatic N) is 3. The molecule has 0 saturated carbocycles. The first-order chi connectivity index (χ1) is 7.43. The fourth-order valence-corrected chi connectivity index (χ4v) is 1.32. The molecule has 0 spiro atoms. The molecule has 86 valence electrons. The van der Waals surface area contributed by atoms with E-state index in [0.717, 1.165) is 0 Å². The van der Waals surface area contributed by atoms with Gasteiger partial charge in [0, 0.05) is 12.8 Å². The number of nitriles is 3. The number of rotatable bonds is 5. The molecule has 0 saturated heterocycles. The summed E-state index contributed by atoms with van der Waals surface area (Å²) < 4.78 is 38.1. The van der Waals surface area contributed by atoms with Crippen LogP contribution >= 0.6 is 0 Å². The van der Waals surface area contributed by atoms with Crippen molar-refractivity contribution in [1.82, 2.24) is 0 Å². The molecule has 0 fully saturated rings. The average molecular weight is 229 g/mol. The third-order valence-corrected chi connectivity index (χ3v) is 2.31. The number of alkyl halides is 3. The van der Waals surface area contributed by atoms with Gasteiger partial charge in [-0.25, -0.2) is 0 Å². The molecule has 3 nitrogen and oxygen atoms in total. The highest BCUT2D eigenvalue weighted by atomic mass is 19.4. The first-order valence-corrected chi connectivity index (χ1v) is 4.65. The van der Waals surface area contributed by atoms with Gasteiger partial charge >= 0.3 is 6.18 Å². The first-order valence-electron chi connectivity index (χ1n) is 4.65. The van der Waals surface area contributed by atoms with Gasteiger partial charge in [0.25, 0.3) is 0 Å². The zero-order chi connectivity index (χ0) is 12.7. The molecule has 0 aliphatic rings. The molecule has 0 radical (unpaired) electrons. The van der Waals surface area contributed by atoms with Gasteiger partial charge in [0.05, 0.1) is 18.2 Å². The van der Waals surface area contributed by atoms with E-state index in [1.54, 1.807) is 12.1 Å². The molecule has 0 N–H and O–H groups in total. The molecule has 0 aromatic carbocycles. The summed E-state index contributed by atoms with van der Waals surface area (Å²) in [5, 5.41) is 25.2. The normalized spacial score (nSPS) is 14.2. The van der Waals surface area contributed by atoms with Gasteiger partial charge in [0.2, 0.25) is 0 Å². The van der Waals surface area contributed by atoms with Crippen LogP contribution in [0.4, 0.5) is 13.2 Å². The molecule has 1 atom stereocenters. The first kappa shape index (κ1) is 14.3. The second-order valence-corrected chi connectivity index (χ2v) is 3.36. The summed E-state index contributed by atoms with van der Waals surface area (Å²) in [4.78, 5) is 0. The smallest absolute Gasteiger partial charge is 0.198 e. The summed E-state index contributed by atoms with van der Waals surface area (Å²) in [5.74, 6) is 0. The van der Waals surface area contributed by atoms with Crippen LogP contribution in [0.1, 0.15) is 32.1 Å². The second kappa shape index (κ2) is 5.98. The molecular formula is C10H10F3N3. The second-order valence-electron chi connectivity index (χ2n) is 3.36. The van der Waals surface area contributed by atoms with Crippen LogP contribution in [0, 0.1) is 39.4 Å². The summed E-state index contributed by atoms with van der Waals surface area (Å²) >= 11 is 0. The summed E-state index contributed by atoms with van der Waals surface area (Å²) in [6.45, 7) is 0. The van der Waals surface area contributed by atoms with Gasteiger partial charge in [0.15, 0.2) is 5.41 Å². The molecule has 0 aromatic rings. The fraction of sp³-hybridized carbons (Fsp3) is 0.700. The molecule has 1 unspecified atom stereocenters. The van der Waals surface area contributed by atoms with E-state index in [-0.39, 0.29) is 19.3 Å². The Morgan fingerprint density at radius 1 is 0.875 bits per heavy atom. The van der Waals surface area contributed by atoms with Crippen molar-refractivity contribution < 1.29 is 13.2 Å². The van der Waals surface area contributed by atoms with E-state index in [9.17, 15) is 13.2 Å². The molecule has 0 aliphatic carbocycles. The summed E-state index contributed by atoms with van der Waals surface area (Å²) in [7, 11) is 0. The van der Waals surface area contributed by atoms with Crippen molar-refractivity contribution in [3.8, 4) is 18.2 Å². The molecule has 0 heterocycles. The Hall–Kier alpha value is -1.74. The monoisotopic (exact) mass is 229 g/mol. The lowest BCUT2D eigenvalue weighted by molar-refractivity contribution is -0.207. The summed E-state index contributed by atoms with van der Waals surface area (Å²) in [6, 6.07) is 4.60. The van der Waals surface area contributed by atoms with E-state index in [0.29, 0.717) is 0 Å². The van der Waals surface area contributed by atoms with E-state index in [1.165, 1.54) is 6.07 Å². The minimum atomic E-state index is -4.66. The third-order valence-electron chi connectivity index (χ3n) is 2.31. The number of hydrogen-bond donors (Lipinski definition) is 0. The highest BCUT2D eigenvalue weighted by Gasteiger charge is 2.54. The van der Waals surface area contributed by atoms with Gasteiger partial charge in [-0.2, -0.15) is 29.0 Å². The van der Waals surface area contributed by atoms with Gasteiger partial charge in [-0.05, 0) is 19.3 Å². The quantitative estimate of drug-likeness (QED) is 0.680. The van der Waals surface area contributed by atoms with Gasteiger partial charge in [-0.15, -0.1) is 0 Å². The fourth-order valence-electron chi connectivity index (χ4n) is 1.32. The van der Waals surface area contributed by atoms with Crippen molar-refractivity contribution in [3.63, 3.8) is 0 Å². The Morgan fingerprint density at radius 2 is 1.44 bits per heavy atom. The molecule has 0 aliphatic heterocycles. The van der Waals surface area contributed by atoms with Crippen molar-refractivity contribution >= 4 is 0 Å². The summed E-state index contributed by atoms with van der Waals surface area (Å²) in [5.41, 5.74) is -2.49. The predicted octanol–water partition coefficient (Wildman–Crippen LogP) is 3.06. The van der Waals surface area contributed by atoms with Crippen LogP contribution in [-0.2, 0) is 0 Å². The Bertz CT molecular complexity index is 342. The molecule has 0 bridgehead atoms. The predicted molar refractivity (Wildman–Crippen MR) is 48.4 cm³/mol. The van der Waals surface area contributed by atoms with Gasteiger partial charge in [0.1, 0.15) is 0 Å². The van der Waals surface area contributed by atoms with Gasteiger partial charge in [-0.1, -0.05) is 0 Å². The van der Waals surface area contributed by atoms with Crippen LogP contribution in [-0.4, -0.2) is 6.18 Å². The Morgan fingerprint density at radius 3 is 1.81 bits per heavy atom. The van der Waals surface area contributed by atoms with Gasteiger partial charge < -0.3 is 0 Å². The molecule has 6 heteroatoms. The molecular weight excluding hydrogens is 219 g/mol. The lowest BCUT2D eigenvalue weighted by atomic mass is 9.79. The molecule has 0 aromatic heterocycles. The standard InChI is InChI=1S/C10H10F3N3/c11-10(12,13)9(8-16,5-3-7-15)4-1-2-6-14/h1-5H2. The van der Waals surface area contributed by atoms with E-state index in [1.807, 2.05) is 0 Å². The Kier molecular flexibility index (Phi) is 5.33. The maximum absolute atomic E-state index is 12.7. The van der Waals surface area contributed by atoms with Crippen molar-refractivity contribution in [2.24, 2.45) is 5.41 Å².